The lowest BCUT2D eigenvalue weighted by Crippen LogP contribution is -1.99. The molecule has 0 bridgehead atoms. The fourth-order valence-electron chi connectivity index (χ4n) is 1.97. The van der Waals surface area contributed by atoms with Gasteiger partial charge in [-0.2, -0.15) is 11.3 Å². The van der Waals surface area contributed by atoms with Crippen LogP contribution in [-0.4, -0.2) is 10.9 Å². The summed E-state index contributed by atoms with van der Waals surface area (Å²) in [5, 5.41) is 13.5. The van der Waals surface area contributed by atoms with Crippen LogP contribution in [-0.2, 0) is 6.42 Å². The molecule has 0 aliphatic carbocycles. The first-order chi connectivity index (χ1) is 9.72. The second-order valence-electron chi connectivity index (χ2n) is 4.45. The lowest BCUT2D eigenvalue weighted by molar-refractivity contribution is 0.0997. The number of phenols is 1. The van der Waals surface area contributed by atoms with E-state index in [1.165, 1.54) is 11.3 Å². The van der Waals surface area contributed by atoms with E-state index in [9.17, 15) is 9.90 Å². The number of carbonyl (C=O) groups is 1. The highest BCUT2D eigenvalue weighted by atomic mass is 32.1. The molecular weight excluding hydrogens is 288 g/mol. The van der Waals surface area contributed by atoms with Gasteiger partial charge in [-0.3, -0.25) is 4.79 Å². The van der Waals surface area contributed by atoms with Gasteiger partial charge in [-0.25, -0.2) is 0 Å². The Hall–Kier alpha value is -1.91. The third-order valence-electron chi connectivity index (χ3n) is 2.96. The van der Waals surface area contributed by atoms with Gasteiger partial charge >= 0.3 is 0 Å². The van der Waals surface area contributed by atoms with Crippen LogP contribution in [0.1, 0.15) is 15.2 Å². The van der Waals surface area contributed by atoms with Gasteiger partial charge in [-0.05, 0) is 52.2 Å². The number of ketones is 1. The van der Waals surface area contributed by atoms with Crippen molar-refractivity contribution in [3.8, 4) is 16.2 Å². The summed E-state index contributed by atoms with van der Waals surface area (Å²) >= 11 is 3.07. The van der Waals surface area contributed by atoms with Crippen LogP contribution in [0.4, 0.5) is 0 Å². The van der Waals surface area contributed by atoms with E-state index >= 15 is 0 Å². The monoisotopic (exact) mass is 300 g/mol. The fraction of sp³-hybridized carbons (Fsp3) is 0.0625. The Balaban J connectivity index is 1.81. The van der Waals surface area contributed by atoms with Crippen molar-refractivity contribution in [1.82, 2.24) is 0 Å². The van der Waals surface area contributed by atoms with Gasteiger partial charge in [0.15, 0.2) is 5.78 Å². The highest BCUT2D eigenvalue weighted by Crippen LogP contribution is 2.30. The largest absolute Gasteiger partial charge is 0.508 e. The molecule has 0 unspecified atom stereocenters. The molecule has 0 saturated carbocycles. The molecule has 0 atom stereocenters. The van der Waals surface area contributed by atoms with Crippen LogP contribution < -0.4 is 0 Å². The topological polar surface area (TPSA) is 37.3 Å². The van der Waals surface area contributed by atoms with Crippen molar-refractivity contribution < 1.29 is 9.90 Å². The summed E-state index contributed by atoms with van der Waals surface area (Å²) in [7, 11) is 0. The second-order valence-corrected chi connectivity index (χ2v) is 6.31. The van der Waals surface area contributed by atoms with Gasteiger partial charge in [-0.1, -0.05) is 12.1 Å². The first-order valence-electron chi connectivity index (χ1n) is 6.16. The number of phenolic OH excluding ortho intramolecular Hbond substituents is 1. The molecule has 2 aromatic heterocycles. The smallest absolute Gasteiger partial charge is 0.177 e. The molecule has 4 heteroatoms. The number of rotatable bonds is 4. The van der Waals surface area contributed by atoms with Crippen LogP contribution in [0.5, 0.6) is 5.75 Å². The average Bonchev–Trinajstić information content (AvgIpc) is 3.09. The highest BCUT2D eigenvalue weighted by molar-refractivity contribution is 7.17. The molecule has 2 nitrogen and oxygen atoms in total. The molecule has 0 spiro atoms. The molecule has 2 heterocycles. The normalized spacial score (nSPS) is 10.6. The Morgan fingerprint density at radius 1 is 1.15 bits per heavy atom. The van der Waals surface area contributed by atoms with E-state index in [0.717, 1.165) is 20.9 Å². The lowest BCUT2D eigenvalue weighted by atomic mass is 10.1. The Morgan fingerprint density at radius 3 is 2.80 bits per heavy atom. The van der Waals surface area contributed by atoms with Gasteiger partial charge in [0.05, 0.1) is 4.88 Å². The minimum absolute atomic E-state index is 0.139. The average molecular weight is 300 g/mol. The molecule has 20 heavy (non-hydrogen) atoms. The second kappa shape index (κ2) is 5.61. The number of Topliss-reactive ketones (excluding diaryl/α,β-unsaturated/α-hetero) is 1. The summed E-state index contributed by atoms with van der Waals surface area (Å²) in [4.78, 5) is 13.9. The van der Waals surface area contributed by atoms with E-state index in [4.69, 9.17) is 0 Å². The van der Waals surface area contributed by atoms with Crippen molar-refractivity contribution in [3.05, 3.63) is 63.7 Å². The SMILES string of the molecule is O=C(Cc1ccsc1)c1ccc(-c2cccc(O)c2)s1. The Morgan fingerprint density at radius 2 is 2.05 bits per heavy atom. The molecule has 1 aromatic carbocycles. The molecule has 0 saturated heterocycles. The maximum absolute atomic E-state index is 12.2. The summed E-state index contributed by atoms with van der Waals surface area (Å²) in [6.07, 6.45) is 0.448. The van der Waals surface area contributed by atoms with Gasteiger partial charge in [0, 0.05) is 11.3 Å². The van der Waals surface area contributed by atoms with Crippen molar-refractivity contribution in [2.45, 2.75) is 6.42 Å². The molecule has 3 rings (SSSR count). The van der Waals surface area contributed by atoms with Gasteiger partial charge in [0.25, 0.3) is 0 Å². The number of benzene rings is 1. The zero-order chi connectivity index (χ0) is 13.9. The van der Waals surface area contributed by atoms with Crippen LogP contribution in [0, 0.1) is 0 Å². The number of thiophene rings is 2. The molecule has 0 aliphatic heterocycles. The molecule has 0 aliphatic rings. The zero-order valence-electron chi connectivity index (χ0n) is 10.6. The van der Waals surface area contributed by atoms with Crippen LogP contribution >= 0.6 is 22.7 Å². The van der Waals surface area contributed by atoms with E-state index in [0.29, 0.717) is 6.42 Å². The van der Waals surface area contributed by atoms with Crippen LogP contribution in [0.25, 0.3) is 10.4 Å². The number of carbonyl (C=O) groups excluding carboxylic acids is 1. The summed E-state index contributed by atoms with van der Waals surface area (Å²) < 4.78 is 0. The third-order valence-corrected chi connectivity index (χ3v) is 4.86. The van der Waals surface area contributed by atoms with Crippen LogP contribution in [0.3, 0.4) is 0 Å². The summed E-state index contributed by atoms with van der Waals surface area (Å²) in [6, 6.07) is 12.8. The van der Waals surface area contributed by atoms with Gasteiger partial charge in [0.1, 0.15) is 5.75 Å². The molecule has 0 radical (unpaired) electrons. The number of hydrogen-bond acceptors (Lipinski definition) is 4. The minimum atomic E-state index is 0.139. The fourth-order valence-corrected chi connectivity index (χ4v) is 3.58. The van der Waals surface area contributed by atoms with Crippen molar-refractivity contribution in [3.63, 3.8) is 0 Å². The van der Waals surface area contributed by atoms with E-state index in [1.807, 2.05) is 35.0 Å². The number of hydrogen-bond donors (Lipinski definition) is 1. The van der Waals surface area contributed by atoms with E-state index < -0.39 is 0 Å². The zero-order valence-corrected chi connectivity index (χ0v) is 12.2. The Labute approximate surface area is 125 Å². The van der Waals surface area contributed by atoms with E-state index in [-0.39, 0.29) is 11.5 Å². The lowest BCUT2D eigenvalue weighted by Gasteiger charge is -1.98. The van der Waals surface area contributed by atoms with E-state index in [2.05, 4.69) is 0 Å². The molecule has 0 amide bonds. The minimum Gasteiger partial charge on any atom is -0.508 e. The molecule has 0 fully saturated rings. The summed E-state index contributed by atoms with van der Waals surface area (Å²) in [5.74, 6) is 0.377. The Bertz CT molecular complexity index is 727. The first kappa shape index (κ1) is 13.1. The summed E-state index contributed by atoms with van der Waals surface area (Å²) in [6.45, 7) is 0. The van der Waals surface area contributed by atoms with Crippen molar-refractivity contribution in [2.24, 2.45) is 0 Å². The van der Waals surface area contributed by atoms with Gasteiger partial charge in [-0.15, -0.1) is 11.3 Å². The highest BCUT2D eigenvalue weighted by Gasteiger charge is 2.11. The first-order valence-corrected chi connectivity index (χ1v) is 7.92. The predicted octanol–water partition coefficient (Wildman–Crippen LogP) is 4.61. The van der Waals surface area contributed by atoms with Crippen molar-refractivity contribution in [1.29, 1.82) is 0 Å². The standard InChI is InChI=1S/C16H12O2S2/c17-13-3-1-2-12(9-13)15-4-5-16(20-15)14(18)8-11-6-7-19-10-11/h1-7,9-10,17H,8H2. The van der Waals surface area contributed by atoms with Crippen molar-refractivity contribution in [2.75, 3.05) is 0 Å². The quantitative estimate of drug-likeness (QED) is 0.715. The number of aromatic hydroxyl groups is 1. The Kier molecular flexibility index (Phi) is 3.67. The summed E-state index contributed by atoms with van der Waals surface area (Å²) in [5.41, 5.74) is 2.00. The predicted molar refractivity (Wildman–Crippen MR) is 83.8 cm³/mol. The molecule has 100 valence electrons. The maximum atomic E-state index is 12.2. The maximum Gasteiger partial charge on any atom is 0.177 e. The third kappa shape index (κ3) is 2.81. The van der Waals surface area contributed by atoms with Crippen LogP contribution in [0.15, 0.2) is 53.2 Å². The molecule has 1 N–H and O–H groups in total. The van der Waals surface area contributed by atoms with E-state index in [1.54, 1.807) is 29.5 Å². The van der Waals surface area contributed by atoms with Crippen molar-refractivity contribution >= 4 is 28.5 Å². The van der Waals surface area contributed by atoms with Gasteiger partial charge < -0.3 is 5.11 Å². The molecule has 3 aromatic rings. The molecular formula is C16H12O2S2. The van der Waals surface area contributed by atoms with Gasteiger partial charge in [0.2, 0.25) is 0 Å². The van der Waals surface area contributed by atoms with Crippen LogP contribution in [0.2, 0.25) is 0 Å².